The van der Waals surface area contributed by atoms with Crippen molar-refractivity contribution in [2.24, 2.45) is 0 Å². The second-order valence-corrected chi connectivity index (χ2v) is 7.65. The van der Waals surface area contributed by atoms with Gasteiger partial charge in [0.25, 0.3) is 0 Å². The van der Waals surface area contributed by atoms with Crippen LogP contribution in [0.1, 0.15) is 0 Å². The van der Waals surface area contributed by atoms with Gasteiger partial charge in [0.1, 0.15) is 6.61 Å². The first kappa shape index (κ1) is 42.0. The number of hydrogen-bond acceptors (Lipinski definition) is 3. The Morgan fingerprint density at radius 1 is 0.295 bits per heavy atom. The molecular weight excluding hydrogens is 729 g/mol. The first-order valence-corrected chi connectivity index (χ1v) is 9.09. The maximum absolute atomic E-state index is 13.5. The maximum Gasteiger partial charge on any atom is 0.460 e. The molecule has 0 amide bonds. The lowest BCUT2D eigenvalue weighted by atomic mass is 9.91. The molecule has 0 aromatic rings. The molecule has 0 bridgehead atoms. The summed E-state index contributed by atoms with van der Waals surface area (Å²) in [6.45, 7) is -3.73. The van der Waals surface area contributed by atoms with Crippen LogP contribution in [0.3, 0.4) is 0 Å². The largest absolute Gasteiger partial charge is 0.460 e. The van der Waals surface area contributed by atoms with E-state index in [-0.39, 0.29) is 0 Å². The molecule has 0 rings (SSSR count). The van der Waals surface area contributed by atoms with Gasteiger partial charge < -0.3 is 5.11 Å². The molecule has 0 fully saturated rings. The van der Waals surface area contributed by atoms with E-state index in [1.807, 2.05) is 0 Å². The monoisotopic (exact) mass is 732 g/mol. The van der Waals surface area contributed by atoms with Gasteiger partial charge in [-0.1, -0.05) is 0 Å². The summed E-state index contributed by atoms with van der Waals surface area (Å²) in [5.41, 5.74) is 0. The van der Waals surface area contributed by atoms with E-state index in [0.29, 0.717) is 0 Å². The van der Waals surface area contributed by atoms with Crippen LogP contribution in [0.4, 0.5) is 119 Å². The minimum Gasteiger partial charge on any atom is -0.390 e. The fourth-order valence-corrected chi connectivity index (χ4v) is 2.03. The Kier molecular flexibility index (Phi) is 10.0. The molecule has 3 nitrogen and oxygen atoms in total. The number of rotatable bonds is 14. The number of aliphatic hydroxyl groups is 1. The van der Waals surface area contributed by atoms with Gasteiger partial charge in [0.05, 0.1) is 0 Å². The maximum atomic E-state index is 13.5. The first-order chi connectivity index (χ1) is 18.5. The molecule has 0 unspecified atom stereocenters. The molecule has 0 heterocycles. The van der Waals surface area contributed by atoms with Gasteiger partial charge >= 0.3 is 78.0 Å². The SMILES string of the molecule is OCC(F)(F)C(F)(F)C(F)(F)C(F)(F)C(F)(F)C(F)(F)C(F)(F)OC(F)(F)C(F)(F)OC(F)(F)C(F)(F)C(F)(F)C(F)(F)F. The molecule has 0 saturated carbocycles. The number of alkyl halides is 27. The molecule has 44 heavy (non-hydrogen) atoms. The van der Waals surface area contributed by atoms with E-state index in [2.05, 4.69) is 0 Å². The number of aliphatic hydroxyl groups excluding tert-OH is 1. The summed E-state index contributed by atoms with van der Waals surface area (Å²) in [5, 5.41) is 7.82. The van der Waals surface area contributed by atoms with Gasteiger partial charge in [-0.25, -0.2) is 9.47 Å². The molecule has 0 saturated heterocycles. The molecule has 0 aromatic carbocycles. The van der Waals surface area contributed by atoms with Gasteiger partial charge in [0, 0.05) is 0 Å². The van der Waals surface area contributed by atoms with Crippen molar-refractivity contribution in [2.45, 2.75) is 78.0 Å². The minimum absolute atomic E-state index is 0.821. The highest BCUT2D eigenvalue weighted by molar-refractivity contribution is 5.13. The zero-order valence-electron chi connectivity index (χ0n) is 18.7. The number of halogens is 27. The van der Waals surface area contributed by atoms with Crippen LogP contribution in [-0.2, 0) is 9.47 Å². The van der Waals surface area contributed by atoms with E-state index in [0.717, 1.165) is 9.47 Å². The van der Waals surface area contributed by atoms with Crippen molar-refractivity contribution in [2.75, 3.05) is 6.61 Å². The van der Waals surface area contributed by atoms with E-state index >= 15 is 0 Å². The van der Waals surface area contributed by atoms with Crippen LogP contribution in [0, 0.1) is 0 Å². The average molecular weight is 732 g/mol. The molecule has 0 radical (unpaired) electrons. The Morgan fingerprint density at radius 2 is 0.523 bits per heavy atom. The van der Waals surface area contributed by atoms with E-state index in [1.54, 1.807) is 0 Å². The fraction of sp³-hybridized carbons (Fsp3) is 1.00. The predicted molar refractivity (Wildman–Crippen MR) is 74.7 cm³/mol. The first-order valence-electron chi connectivity index (χ1n) is 9.09. The standard InChI is InChI=1S/C14H3F27O3/c15-2(16,1-42)3(17,18)4(19,20)5(21,22)6(23,24)8(27,28)11(34,35)43-13(38,39)14(40,41)44-12(36,37)9(29,30)7(25,26)10(31,32)33/h42H,1H2. The summed E-state index contributed by atoms with van der Waals surface area (Å²) >= 11 is 0. The Bertz CT molecular complexity index is 1020. The molecular formula is C14H3F27O3. The van der Waals surface area contributed by atoms with E-state index in [1.165, 1.54) is 0 Å². The summed E-state index contributed by atoms with van der Waals surface area (Å²) in [7, 11) is 0. The van der Waals surface area contributed by atoms with Gasteiger partial charge in [-0.3, -0.25) is 0 Å². The second kappa shape index (κ2) is 10.5. The average Bonchev–Trinajstić information content (AvgIpc) is 2.75. The third-order valence-electron chi connectivity index (χ3n) is 4.57. The minimum atomic E-state index is -9.22. The molecule has 0 aromatic heterocycles. The van der Waals surface area contributed by atoms with Gasteiger partial charge in [-0.2, -0.15) is 119 Å². The number of ether oxygens (including phenoxy) is 2. The lowest BCUT2D eigenvalue weighted by molar-refractivity contribution is -0.559. The van der Waals surface area contributed by atoms with Crippen LogP contribution in [0.15, 0.2) is 0 Å². The van der Waals surface area contributed by atoms with Crippen LogP contribution in [0.2, 0.25) is 0 Å². The summed E-state index contributed by atoms with van der Waals surface area (Å²) < 4.78 is 353. The molecule has 0 aliphatic heterocycles. The zero-order valence-corrected chi connectivity index (χ0v) is 18.7. The molecule has 0 spiro atoms. The summed E-state index contributed by atoms with van der Waals surface area (Å²) in [4.78, 5) is 0. The third-order valence-corrected chi connectivity index (χ3v) is 4.57. The molecule has 0 aliphatic rings. The Labute approximate surface area is 219 Å². The smallest absolute Gasteiger partial charge is 0.390 e. The topological polar surface area (TPSA) is 38.7 Å². The third kappa shape index (κ3) is 5.73. The highest BCUT2D eigenvalue weighted by atomic mass is 19.4. The van der Waals surface area contributed by atoms with Gasteiger partial charge in [-0.15, -0.1) is 0 Å². The molecule has 0 aliphatic carbocycles. The summed E-state index contributed by atoms with van der Waals surface area (Å²) in [5.74, 6) is -68.3. The fourth-order valence-electron chi connectivity index (χ4n) is 2.03. The van der Waals surface area contributed by atoms with Gasteiger partial charge in [0.2, 0.25) is 0 Å². The summed E-state index contributed by atoms with van der Waals surface area (Å²) in [6, 6.07) is 0. The van der Waals surface area contributed by atoms with Crippen molar-refractivity contribution in [3.63, 3.8) is 0 Å². The Balaban J connectivity index is 6.81. The lowest BCUT2D eigenvalue weighted by Crippen LogP contribution is -2.74. The van der Waals surface area contributed by atoms with Crippen LogP contribution < -0.4 is 0 Å². The van der Waals surface area contributed by atoms with Crippen molar-refractivity contribution < 1.29 is 133 Å². The van der Waals surface area contributed by atoms with Gasteiger partial charge in [-0.05, 0) is 0 Å². The van der Waals surface area contributed by atoms with Crippen LogP contribution >= 0.6 is 0 Å². The normalized spacial score (nSPS) is 16.9. The van der Waals surface area contributed by atoms with Crippen molar-refractivity contribution in [1.29, 1.82) is 0 Å². The van der Waals surface area contributed by atoms with E-state index in [9.17, 15) is 119 Å². The quantitative estimate of drug-likeness (QED) is 0.184. The van der Waals surface area contributed by atoms with Crippen molar-refractivity contribution in [1.82, 2.24) is 0 Å². The van der Waals surface area contributed by atoms with Gasteiger partial charge in [0.15, 0.2) is 0 Å². The van der Waals surface area contributed by atoms with Crippen LogP contribution in [0.25, 0.3) is 0 Å². The van der Waals surface area contributed by atoms with Crippen molar-refractivity contribution in [3.8, 4) is 0 Å². The Hall–Kier alpha value is -2.01. The molecule has 1 N–H and O–H groups in total. The van der Waals surface area contributed by atoms with Crippen LogP contribution in [0.5, 0.6) is 0 Å². The number of hydrogen-bond donors (Lipinski definition) is 1. The van der Waals surface area contributed by atoms with Crippen LogP contribution in [-0.4, -0.2) is 89.7 Å². The summed E-state index contributed by atoms with van der Waals surface area (Å²) in [6.07, 6.45) is -42.2. The Morgan fingerprint density at radius 3 is 0.773 bits per heavy atom. The zero-order chi connectivity index (χ0) is 36.6. The highest BCUT2D eigenvalue weighted by Gasteiger charge is 2.94. The van der Waals surface area contributed by atoms with Crippen molar-refractivity contribution in [3.05, 3.63) is 0 Å². The predicted octanol–water partition coefficient (Wildman–Crippen LogP) is 8.03. The highest BCUT2D eigenvalue weighted by Crippen LogP contribution is 2.63. The molecule has 30 heteroatoms. The van der Waals surface area contributed by atoms with Crippen molar-refractivity contribution >= 4 is 0 Å². The van der Waals surface area contributed by atoms with E-state index in [4.69, 9.17) is 5.11 Å². The second-order valence-electron chi connectivity index (χ2n) is 7.65. The molecule has 266 valence electrons. The lowest BCUT2D eigenvalue weighted by Gasteiger charge is -2.42. The van der Waals surface area contributed by atoms with E-state index < -0.39 is 84.6 Å². The molecule has 0 atom stereocenters.